The zero-order chi connectivity index (χ0) is 13.8. The van der Waals surface area contributed by atoms with E-state index in [0.29, 0.717) is 22.9 Å². The van der Waals surface area contributed by atoms with Gasteiger partial charge in [-0.3, -0.25) is 4.79 Å². The fourth-order valence-electron chi connectivity index (χ4n) is 1.59. The second-order valence-corrected chi connectivity index (χ2v) is 4.07. The number of ether oxygens (including phenoxy) is 2. The number of methoxy groups -OCH3 is 1. The van der Waals surface area contributed by atoms with Crippen molar-refractivity contribution >= 4 is 5.78 Å². The van der Waals surface area contributed by atoms with Crippen molar-refractivity contribution in [3.05, 3.63) is 35.9 Å². The molecule has 2 rings (SSSR count). The van der Waals surface area contributed by atoms with Crippen LogP contribution in [0.4, 0.5) is 0 Å². The molecule has 6 heteroatoms. The molecule has 0 bridgehead atoms. The molecule has 0 spiro atoms. The molecule has 0 amide bonds. The number of nitrogens with zero attached hydrogens (tertiary/aromatic N) is 3. The maximum Gasteiger partial charge on any atom is 0.170 e. The molecule has 0 fully saturated rings. The first-order chi connectivity index (χ1) is 9.11. The minimum Gasteiger partial charge on any atom is -0.493 e. The Bertz CT molecular complexity index is 593. The number of ketones is 1. The van der Waals surface area contributed by atoms with Crippen molar-refractivity contribution in [1.29, 1.82) is 0 Å². The summed E-state index contributed by atoms with van der Waals surface area (Å²) in [5, 5.41) is 7.70. The Balaban J connectivity index is 2.16. The average molecular weight is 261 g/mol. The highest BCUT2D eigenvalue weighted by Crippen LogP contribution is 2.28. The van der Waals surface area contributed by atoms with E-state index in [0.717, 1.165) is 0 Å². The highest BCUT2D eigenvalue weighted by atomic mass is 16.5. The van der Waals surface area contributed by atoms with Gasteiger partial charge in [0.2, 0.25) is 0 Å². The van der Waals surface area contributed by atoms with Gasteiger partial charge in [0, 0.05) is 12.6 Å². The largest absolute Gasteiger partial charge is 0.493 e. The fourth-order valence-corrected chi connectivity index (χ4v) is 1.59. The lowest BCUT2D eigenvalue weighted by molar-refractivity contribution is 0.101. The van der Waals surface area contributed by atoms with Crippen LogP contribution in [0, 0.1) is 0 Å². The van der Waals surface area contributed by atoms with E-state index >= 15 is 0 Å². The van der Waals surface area contributed by atoms with Gasteiger partial charge < -0.3 is 14.0 Å². The van der Waals surface area contributed by atoms with Crippen LogP contribution in [0.2, 0.25) is 0 Å². The molecule has 1 aromatic carbocycles. The van der Waals surface area contributed by atoms with Crippen LogP contribution in [0.1, 0.15) is 23.1 Å². The molecule has 0 aliphatic heterocycles. The van der Waals surface area contributed by atoms with Crippen LogP contribution in [0.5, 0.6) is 11.5 Å². The van der Waals surface area contributed by atoms with E-state index in [2.05, 4.69) is 10.2 Å². The maximum atomic E-state index is 11.3. The summed E-state index contributed by atoms with van der Waals surface area (Å²) >= 11 is 0. The third kappa shape index (κ3) is 2.90. The molecule has 0 radical (unpaired) electrons. The first-order valence-corrected chi connectivity index (χ1v) is 5.76. The van der Waals surface area contributed by atoms with Crippen molar-refractivity contribution in [3.63, 3.8) is 0 Å². The Kier molecular flexibility index (Phi) is 3.79. The molecule has 1 heterocycles. The third-order valence-corrected chi connectivity index (χ3v) is 2.73. The zero-order valence-corrected chi connectivity index (χ0v) is 11.1. The highest BCUT2D eigenvalue weighted by molar-refractivity contribution is 5.94. The van der Waals surface area contributed by atoms with Gasteiger partial charge in [-0.25, -0.2) is 0 Å². The molecule has 6 nitrogen and oxygen atoms in total. The van der Waals surface area contributed by atoms with Crippen LogP contribution in [0.3, 0.4) is 0 Å². The summed E-state index contributed by atoms with van der Waals surface area (Å²) < 4.78 is 12.6. The summed E-state index contributed by atoms with van der Waals surface area (Å²) in [6.45, 7) is 1.79. The number of hydrogen-bond donors (Lipinski definition) is 0. The van der Waals surface area contributed by atoms with Gasteiger partial charge in [0.05, 0.1) is 7.11 Å². The van der Waals surface area contributed by atoms with E-state index in [9.17, 15) is 4.79 Å². The SMILES string of the molecule is COc1cc(C(C)=O)ccc1OCc1nncn1C. The smallest absolute Gasteiger partial charge is 0.170 e. The third-order valence-electron chi connectivity index (χ3n) is 2.73. The Morgan fingerprint density at radius 3 is 2.74 bits per heavy atom. The topological polar surface area (TPSA) is 66.2 Å². The number of rotatable bonds is 5. The fraction of sp³-hybridized carbons (Fsp3) is 0.308. The van der Waals surface area contributed by atoms with Crippen molar-refractivity contribution in [2.24, 2.45) is 7.05 Å². The minimum atomic E-state index is -0.0156. The number of Topliss-reactive ketones (excluding diaryl/α,β-unsaturated/α-hetero) is 1. The van der Waals surface area contributed by atoms with Gasteiger partial charge in [-0.1, -0.05) is 0 Å². The number of carbonyl (C=O) groups excluding carboxylic acids is 1. The summed E-state index contributed by atoms with van der Waals surface area (Å²) in [4.78, 5) is 11.3. The molecule has 0 atom stereocenters. The van der Waals surface area contributed by atoms with E-state index in [4.69, 9.17) is 9.47 Å². The minimum absolute atomic E-state index is 0.0156. The molecular weight excluding hydrogens is 246 g/mol. The van der Waals surface area contributed by atoms with Gasteiger partial charge in [0.25, 0.3) is 0 Å². The van der Waals surface area contributed by atoms with Crippen molar-refractivity contribution in [2.75, 3.05) is 7.11 Å². The molecule has 19 heavy (non-hydrogen) atoms. The quantitative estimate of drug-likeness (QED) is 0.765. The predicted octanol–water partition coefficient (Wildman–Crippen LogP) is 1.61. The van der Waals surface area contributed by atoms with Gasteiger partial charge in [0.15, 0.2) is 23.1 Å². The van der Waals surface area contributed by atoms with E-state index in [1.807, 2.05) is 7.05 Å². The van der Waals surface area contributed by atoms with Crippen LogP contribution in [-0.2, 0) is 13.7 Å². The van der Waals surface area contributed by atoms with Gasteiger partial charge in [0.1, 0.15) is 12.9 Å². The average Bonchev–Trinajstić information content (AvgIpc) is 2.81. The molecule has 0 saturated heterocycles. The molecule has 1 aromatic heterocycles. The summed E-state index contributed by atoms with van der Waals surface area (Å²) in [5.74, 6) is 1.78. The molecule has 100 valence electrons. The molecule has 0 N–H and O–H groups in total. The number of benzene rings is 1. The van der Waals surface area contributed by atoms with Gasteiger partial charge in [-0.15, -0.1) is 10.2 Å². The van der Waals surface area contributed by atoms with E-state index in [1.165, 1.54) is 14.0 Å². The zero-order valence-electron chi connectivity index (χ0n) is 11.1. The second-order valence-electron chi connectivity index (χ2n) is 4.07. The lowest BCUT2D eigenvalue weighted by Gasteiger charge is -2.11. The first kappa shape index (κ1) is 13.1. The number of carbonyl (C=O) groups is 1. The monoisotopic (exact) mass is 261 g/mol. The number of aryl methyl sites for hydroxylation is 1. The summed E-state index contributed by atoms with van der Waals surface area (Å²) in [7, 11) is 3.38. The first-order valence-electron chi connectivity index (χ1n) is 5.76. The predicted molar refractivity (Wildman–Crippen MR) is 68.3 cm³/mol. The number of hydrogen-bond acceptors (Lipinski definition) is 5. The maximum absolute atomic E-state index is 11.3. The van der Waals surface area contributed by atoms with Gasteiger partial charge in [-0.2, -0.15) is 0 Å². The lowest BCUT2D eigenvalue weighted by Crippen LogP contribution is -2.04. The molecular formula is C13H15N3O3. The van der Waals surface area contributed by atoms with Gasteiger partial charge >= 0.3 is 0 Å². The summed E-state index contributed by atoms with van der Waals surface area (Å²) in [6.07, 6.45) is 1.61. The van der Waals surface area contributed by atoms with E-state index in [-0.39, 0.29) is 12.4 Å². The Morgan fingerprint density at radius 2 is 2.16 bits per heavy atom. The Labute approximate surface area is 111 Å². The molecule has 0 aliphatic carbocycles. The standard InChI is InChI=1S/C13H15N3O3/c1-9(17)10-4-5-11(12(6-10)18-3)19-7-13-15-14-8-16(13)2/h4-6,8H,7H2,1-3H3. The molecule has 0 aliphatic rings. The second kappa shape index (κ2) is 5.51. The van der Waals surface area contributed by atoms with E-state index in [1.54, 1.807) is 29.1 Å². The van der Waals surface area contributed by atoms with Crippen molar-refractivity contribution in [1.82, 2.24) is 14.8 Å². The molecule has 2 aromatic rings. The Morgan fingerprint density at radius 1 is 1.37 bits per heavy atom. The van der Waals surface area contributed by atoms with Crippen LogP contribution in [0.25, 0.3) is 0 Å². The van der Waals surface area contributed by atoms with Crippen LogP contribution in [0.15, 0.2) is 24.5 Å². The van der Waals surface area contributed by atoms with Crippen LogP contribution < -0.4 is 9.47 Å². The Hall–Kier alpha value is -2.37. The summed E-state index contributed by atoms with van der Waals surface area (Å²) in [5.41, 5.74) is 0.586. The van der Waals surface area contributed by atoms with Crippen molar-refractivity contribution in [3.8, 4) is 11.5 Å². The number of aromatic nitrogens is 3. The normalized spacial score (nSPS) is 10.3. The van der Waals surface area contributed by atoms with Crippen LogP contribution in [-0.4, -0.2) is 27.7 Å². The van der Waals surface area contributed by atoms with Crippen molar-refractivity contribution < 1.29 is 14.3 Å². The lowest BCUT2D eigenvalue weighted by atomic mass is 10.1. The van der Waals surface area contributed by atoms with E-state index < -0.39 is 0 Å². The van der Waals surface area contributed by atoms with Gasteiger partial charge in [-0.05, 0) is 25.1 Å². The highest BCUT2D eigenvalue weighted by Gasteiger charge is 2.09. The summed E-state index contributed by atoms with van der Waals surface area (Å²) in [6, 6.07) is 5.08. The molecule has 0 unspecified atom stereocenters. The molecule has 0 saturated carbocycles. The van der Waals surface area contributed by atoms with Crippen LogP contribution >= 0.6 is 0 Å². The van der Waals surface area contributed by atoms with Crippen molar-refractivity contribution in [2.45, 2.75) is 13.5 Å².